The van der Waals surface area contributed by atoms with E-state index in [1.54, 1.807) is 6.20 Å². The number of rotatable bonds is 4. The molecule has 2 fully saturated rings. The number of likely N-dealkylation sites (tertiary alicyclic amines) is 1. The van der Waals surface area contributed by atoms with Crippen LogP contribution < -0.4 is 0 Å². The van der Waals surface area contributed by atoms with Crippen molar-refractivity contribution >= 4 is 0 Å². The second-order valence-corrected chi connectivity index (χ2v) is 5.22. The topological polar surface area (TPSA) is 48.6 Å². The zero-order valence-electron chi connectivity index (χ0n) is 11.0. The second-order valence-electron chi connectivity index (χ2n) is 5.22. The van der Waals surface area contributed by atoms with Gasteiger partial charge in [-0.1, -0.05) is 17.2 Å². The van der Waals surface area contributed by atoms with Crippen LogP contribution in [0, 0.1) is 0 Å². The number of piperazine rings is 1. The lowest BCUT2D eigenvalue weighted by atomic mass is 10.1. The molecule has 3 heterocycles. The third-order valence-electron chi connectivity index (χ3n) is 4.10. The van der Waals surface area contributed by atoms with Crippen molar-refractivity contribution in [2.75, 3.05) is 45.8 Å². The van der Waals surface area contributed by atoms with Crippen molar-refractivity contribution in [2.45, 2.75) is 19.5 Å². The molecule has 6 heteroatoms. The van der Waals surface area contributed by atoms with Crippen molar-refractivity contribution in [3.05, 3.63) is 11.9 Å². The third kappa shape index (κ3) is 2.55. The van der Waals surface area contributed by atoms with Gasteiger partial charge in [-0.2, -0.15) is 0 Å². The Bertz CT molecular complexity index is 355. The normalized spacial score (nSPS) is 24.3. The summed E-state index contributed by atoms with van der Waals surface area (Å²) in [6.07, 6.45) is 1.70. The summed E-state index contributed by atoms with van der Waals surface area (Å²) in [5, 5.41) is 7.48. The van der Waals surface area contributed by atoms with Crippen LogP contribution in [0.5, 0.6) is 0 Å². The first-order valence-electron chi connectivity index (χ1n) is 6.80. The van der Waals surface area contributed by atoms with Gasteiger partial charge in [-0.3, -0.25) is 9.80 Å². The van der Waals surface area contributed by atoms with Crippen LogP contribution in [0.25, 0.3) is 0 Å². The van der Waals surface area contributed by atoms with E-state index in [4.69, 9.17) is 0 Å². The van der Waals surface area contributed by atoms with Crippen molar-refractivity contribution in [3.63, 3.8) is 0 Å². The van der Waals surface area contributed by atoms with Gasteiger partial charge >= 0.3 is 0 Å². The molecule has 0 N–H and O–H groups in total. The molecule has 0 amide bonds. The van der Waals surface area contributed by atoms with E-state index in [-0.39, 0.29) is 0 Å². The summed E-state index contributed by atoms with van der Waals surface area (Å²) in [7, 11) is 0. The van der Waals surface area contributed by atoms with Crippen LogP contribution in [0.2, 0.25) is 0 Å². The Labute approximate surface area is 107 Å². The maximum atomic E-state index is 4.61. The molecule has 0 radical (unpaired) electrons. The zero-order chi connectivity index (χ0) is 12.4. The largest absolute Gasteiger partial charge is 0.301 e. The molecule has 0 saturated carbocycles. The molecule has 100 valence electrons. The number of hydrogen-bond donors (Lipinski definition) is 0. The number of likely N-dealkylation sites (N-methyl/N-ethyl adjacent to an activating group) is 1. The van der Waals surface area contributed by atoms with Gasteiger partial charge in [-0.25, -0.2) is 4.63 Å². The lowest BCUT2D eigenvalue weighted by molar-refractivity contribution is 0.00119. The number of nitrogens with zero attached hydrogens (tertiary/aromatic N) is 5. The molecule has 0 atom stereocenters. The van der Waals surface area contributed by atoms with Gasteiger partial charge < -0.3 is 4.90 Å². The second kappa shape index (κ2) is 5.34. The summed E-state index contributed by atoms with van der Waals surface area (Å²) in [5.74, 6) is 0. The summed E-state index contributed by atoms with van der Waals surface area (Å²) in [4.78, 5) is 7.55. The number of aromatic nitrogens is 2. The summed E-state index contributed by atoms with van der Waals surface area (Å²) in [6, 6.07) is 0.740. The van der Waals surface area contributed by atoms with Gasteiger partial charge in [-0.05, 0) is 6.54 Å². The van der Waals surface area contributed by atoms with E-state index >= 15 is 0 Å². The van der Waals surface area contributed by atoms with Gasteiger partial charge in [0.1, 0.15) is 5.69 Å². The van der Waals surface area contributed by atoms with Gasteiger partial charge in [0, 0.05) is 51.9 Å². The van der Waals surface area contributed by atoms with Crippen LogP contribution in [0.3, 0.4) is 0 Å². The van der Waals surface area contributed by atoms with Crippen LogP contribution in [-0.2, 0) is 6.54 Å². The van der Waals surface area contributed by atoms with Crippen LogP contribution in [-0.4, -0.2) is 76.9 Å². The molecule has 2 saturated heterocycles. The minimum absolute atomic E-state index is 0.740. The van der Waals surface area contributed by atoms with Gasteiger partial charge in [0.2, 0.25) is 0 Å². The molecule has 2 aliphatic rings. The highest BCUT2D eigenvalue weighted by Gasteiger charge is 2.33. The molecule has 0 aliphatic carbocycles. The van der Waals surface area contributed by atoms with E-state index < -0.39 is 0 Å². The van der Waals surface area contributed by atoms with E-state index in [1.807, 2.05) is 0 Å². The molecule has 1 aromatic heterocycles. The summed E-state index contributed by atoms with van der Waals surface area (Å²) in [5.41, 5.74) is 0.934. The fourth-order valence-corrected chi connectivity index (χ4v) is 2.83. The summed E-state index contributed by atoms with van der Waals surface area (Å²) < 4.78 is 4.61. The van der Waals surface area contributed by atoms with Crippen molar-refractivity contribution in [3.8, 4) is 0 Å². The first-order valence-corrected chi connectivity index (χ1v) is 6.80. The minimum Gasteiger partial charge on any atom is -0.301 e. The summed E-state index contributed by atoms with van der Waals surface area (Å²) in [6.45, 7) is 11.5. The average molecular weight is 251 g/mol. The molecule has 3 rings (SSSR count). The Balaban J connectivity index is 1.40. The van der Waals surface area contributed by atoms with E-state index in [0.29, 0.717) is 0 Å². The quantitative estimate of drug-likeness (QED) is 0.744. The van der Waals surface area contributed by atoms with E-state index in [0.717, 1.165) is 31.4 Å². The Morgan fingerprint density at radius 2 is 2.00 bits per heavy atom. The monoisotopic (exact) mass is 251 g/mol. The zero-order valence-corrected chi connectivity index (χ0v) is 11.0. The van der Waals surface area contributed by atoms with Crippen LogP contribution in [0.4, 0.5) is 0 Å². The fourth-order valence-electron chi connectivity index (χ4n) is 2.83. The first-order chi connectivity index (χ1) is 8.85. The Kier molecular flexibility index (Phi) is 3.58. The van der Waals surface area contributed by atoms with Crippen LogP contribution >= 0.6 is 0 Å². The minimum atomic E-state index is 0.740. The predicted octanol–water partition coefficient (Wildman–Crippen LogP) is -0.109. The standard InChI is InChI=1S/C12H21N5O/c1-2-15-3-5-17(6-4-15)12-9-16(10-12)8-11-7-13-18-14-11/h7,12H,2-6,8-10H2,1H3. The Hall–Kier alpha value is -0.980. The van der Waals surface area contributed by atoms with E-state index in [9.17, 15) is 0 Å². The molecule has 1 aromatic rings. The van der Waals surface area contributed by atoms with Gasteiger partial charge in [-0.15, -0.1) is 0 Å². The molecular weight excluding hydrogens is 230 g/mol. The average Bonchev–Trinajstić information content (AvgIpc) is 2.86. The Morgan fingerprint density at radius 1 is 1.22 bits per heavy atom. The van der Waals surface area contributed by atoms with Crippen LogP contribution in [0.15, 0.2) is 10.8 Å². The predicted molar refractivity (Wildman–Crippen MR) is 67.1 cm³/mol. The highest BCUT2D eigenvalue weighted by atomic mass is 16.6. The SMILES string of the molecule is CCN1CCN(C2CN(Cc3cnon3)C2)CC1. The highest BCUT2D eigenvalue weighted by Crippen LogP contribution is 2.18. The molecule has 2 aliphatic heterocycles. The van der Waals surface area contributed by atoms with E-state index in [1.165, 1.54) is 32.7 Å². The van der Waals surface area contributed by atoms with Crippen molar-refractivity contribution in [1.29, 1.82) is 0 Å². The Morgan fingerprint density at radius 3 is 2.61 bits per heavy atom. The first kappa shape index (κ1) is 12.1. The lowest BCUT2D eigenvalue weighted by Gasteiger charge is -2.47. The maximum Gasteiger partial charge on any atom is 0.119 e. The smallest absolute Gasteiger partial charge is 0.119 e. The highest BCUT2D eigenvalue weighted by molar-refractivity contribution is 4.96. The van der Waals surface area contributed by atoms with Gasteiger partial charge in [0.05, 0.1) is 6.20 Å². The molecule has 0 spiro atoms. The maximum absolute atomic E-state index is 4.61. The van der Waals surface area contributed by atoms with Gasteiger partial charge in [0.25, 0.3) is 0 Å². The fraction of sp³-hybridized carbons (Fsp3) is 0.833. The van der Waals surface area contributed by atoms with Gasteiger partial charge in [0.15, 0.2) is 0 Å². The van der Waals surface area contributed by atoms with Crippen molar-refractivity contribution in [2.24, 2.45) is 0 Å². The van der Waals surface area contributed by atoms with Crippen molar-refractivity contribution in [1.82, 2.24) is 25.0 Å². The van der Waals surface area contributed by atoms with E-state index in [2.05, 4.69) is 36.6 Å². The van der Waals surface area contributed by atoms with Crippen molar-refractivity contribution < 1.29 is 4.63 Å². The lowest BCUT2D eigenvalue weighted by Crippen LogP contribution is -2.62. The molecule has 0 unspecified atom stereocenters. The molecule has 18 heavy (non-hydrogen) atoms. The molecular formula is C12H21N5O. The van der Waals surface area contributed by atoms with Crippen LogP contribution in [0.1, 0.15) is 12.6 Å². The third-order valence-corrected chi connectivity index (χ3v) is 4.10. The summed E-state index contributed by atoms with van der Waals surface area (Å²) >= 11 is 0. The number of hydrogen-bond acceptors (Lipinski definition) is 6. The molecule has 0 aromatic carbocycles. The molecule has 6 nitrogen and oxygen atoms in total. The molecule has 0 bridgehead atoms.